The molecule has 2 saturated heterocycles. The minimum absolute atomic E-state index is 0.188. The van der Waals surface area contributed by atoms with E-state index in [9.17, 15) is 18.0 Å². The van der Waals surface area contributed by atoms with Gasteiger partial charge in [-0.05, 0) is 82.3 Å². The SMILES string of the molecule is CN1CCC(Cc2ncc3cc(-c4ccccc4Cl)c(=O)n(N)c3n2)CC1.CS(=O)(=O)N1CCC(N)CC1.CSc1ncc2cc(-c3ccccc3Cl)c(=O)n(N)c2n1. The van der Waals surface area contributed by atoms with Gasteiger partial charge in [0.05, 0.1) is 17.4 Å². The summed E-state index contributed by atoms with van der Waals surface area (Å²) in [5.41, 5.74) is 7.97. The lowest BCUT2D eigenvalue weighted by Gasteiger charge is -2.28. The normalized spacial score (nSPS) is 15.7. The number of sulfonamides is 1. The summed E-state index contributed by atoms with van der Waals surface area (Å²) in [6.07, 6.45) is 11.1. The van der Waals surface area contributed by atoms with E-state index in [1.165, 1.54) is 22.3 Å². The van der Waals surface area contributed by atoms with Gasteiger partial charge in [-0.2, -0.15) is 0 Å². The molecule has 312 valence electrons. The van der Waals surface area contributed by atoms with Crippen molar-refractivity contribution in [1.29, 1.82) is 0 Å². The monoisotopic (exact) mass is 879 g/mol. The van der Waals surface area contributed by atoms with Gasteiger partial charge in [-0.25, -0.2) is 42.0 Å². The summed E-state index contributed by atoms with van der Waals surface area (Å²) in [6.45, 7) is 3.36. The van der Waals surface area contributed by atoms with Gasteiger partial charge in [-0.1, -0.05) is 71.4 Å². The van der Waals surface area contributed by atoms with Crippen LogP contribution in [0.2, 0.25) is 10.0 Å². The zero-order valence-corrected chi connectivity index (χ0v) is 36.1. The fourth-order valence-electron chi connectivity index (χ4n) is 6.93. The van der Waals surface area contributed by atoms with Crippen LogP contribution in [0.3, 0.4) is 0 Å². The average molecular weight is 881 g/mol. The molecule has 0 bridgehead atoms. The van der Waals surface area contributed by atoms with Gasteiger partial charge < -0.3 is 22.3 Å². The molecule has 6 aromatic rings. The second-order valence-corrected chi connectivity index (χ2v) is 18.1. The molecule has 8 rings (SSSR count). The van der Waals surface area contributed by atoms with E-state index in [2.05, 4.69) is 31.9 Å². The third kappa shape index (κ3) is 10.6. The Morgan fingerprint density at radius 1 is 0.746 bits per heavy atom. The van der Waals surface area contributed by atoms with E-state index in [1.54, 1.807) is 48.8 Å². The predicted molar refractivity (Wildman–Crippen MR) is 238 cm³/mol. The third-order valence-electron chi connectivity index (χ3n) is 10.4. The maximum atomic E-state index is 12.8. The van der Waals surface area contributed by atoms with E-state index in [0.29, 0.717) is 73.1 Å². The fourth-order valence-corrected chi connectivity index (χ4v) is 8.62. The van der Waals surface area contributed by atoms with Gasteiger partial charge in [0.15, 0.2) is 16.5 Å². The van der Waals surface area contributed by atoms with Crippen LogP contribution in [0.25, 0.3) is 44.3 Å². The molecule has 15 nitrogen and oxygen atoms in total. The highest BCUT2D eigenvalue weighted by molar-refractivity contribution is 7.98. The molecule has 0 radical (unpaired) electrons. The largest absolute Gasteiger partial charge is 0.334 e. The molecule has 2 aliphatic heterocycles. The summed E-state index contributed by atoms with van der Waals surface area (Å²) in [7, 11) is -0.826. The van der Waals surface area contributed by atoms with Crippen molar-refractivity contribution in [3.05, 3.63) is 110 Å². The first-order chi connectivity index (χ1) is 28.1. The number of nitrogens with zero attached hydrogens (tertiary/aromatic N) is 8. The lowest BCUT2D eigenvalue weighted by atomic mass is 9.93. The summed E-state index contributed by atoms with van der Waals surface area (Å²) < 4.78 is 25.6. The summed E-state index contributed by atoms with van der Waals surface area (Å²) in [4.78, 5) is 45.1. The highest BCUT2D eigenvalue weighted by atomic mass is 35.5. The summed E-state index contributed by atoms with van der Waals surface area (Å²) in [6, 6.07) is 18.0. The number of nitrogens with two attached hydrogens (primary N) is 3. The Morgan fingerprint density at radius 3 is 1.73 bits per heavy atom. The highest BCUT2D eigenvalue weighted by Gasteiger charge is 2.23. The van der Waals surface area contributed by atoms with E-state index >= 15 is 0 Å². The summed E-state index contributed by atoms with van der Waals surface area (Å²) in [5.74, 6) is 13.3. The Morgan fingerprint density at radius 2 is 1.24 bits per heavy atom. The van der Waals surface area contributed by atoms with Gasteiger partial charge in [0, 0.05) is 69.9 Å². The van der Waals surface area contributed by atoms with Gasteiger partial charge in [0.1, 0.15) is 5.82 Å². The predicted octanol–water partition coefficient (Wildman–Crippen LogP) is 4.63. The fraction of sp³-hybridized carbons (Fsp3) is 0.350. The zero-order valence-electron chi connectivity index (χ0n) is 33.0. The van der Waals surface area contributed by atoms with E-state index in [4.69, 9.17) is 40.6 Å². The van der Waals surface area contributed by atoms with Crippen molar-refractivity contribution < 1.29 is 8.42 Å². The van der Waals surface area contributed by atoms with Crippen LogP contribution in [0.15, 0.2) is 87.8 Å². The first-order valence-corrected chi connectivity index (χ1v) is 22.7. The Labute approximate surface area is 356 Å². The number of rotatable bonds is 6. The van der Waals surface area contributed by atoms with Gasteiger partial charge in [-0.3, -0.25) is 9.59 Å². The van der Waals surface area contributed by atoms with Crippen LogP contribution >= 0.6 is 35.0 Å². The molecule has 0 unspecified atom stereocenters. The van der Waals surface area contributed by atoms with Crippen LogP contribution < -0.4 is 28.5 Å². The smallest absolute Gasteiger partial charge is 0.278 e. The Hall–Kier alpha value is -4.62. The van der Waals surface area contributed by atoms with Crippen LogP contribution in [-0.4, -0.2) is 98.7 Å². The van der Waals surface area contributed by atoms with Crippen LogP contribution in [0, 0.1) is 5.92 Å². The zero-order chi connectivity index (χ0) is 42.4. The topological polar surface area (TPSA) is 214 Å². The second kappa shape index (κ2) is 19.2. The third-order valence-corrected chi connectivity index (χ3v) is 12.9. The number of likely N-dealkylation sites (tertiary alicyclic amines) is 1. The molecule has 0 amide bonds. The van der Waals surface area contributed by atoms with E-state index in [-0.39, 0.29) is 17.2 Å². The number of benzene rings is 2. The van der Waals surface area contributed by atoms with Crippen molar-refractivity contribution in [3.63, 3.8) is 0 Å². The summed E-state index contributed by atoms with van der Waals surface area (Å²) >= 11 is 13.8. The van der Waals surface area contributed by atoms with Crippen LogP contribution in [0.5, 0.6) is 0 Å². The van der Waals surface area contributed by atoms with Crippen molar-refractivity contribution in [3.8, 4) is 22.3 Å². The van der Waals surface area contributed by atoms with Crippen LogP contribution in [0.1, 0.15) is 31.5 Å². The number of nitrogen functional groups attached to an aromatic ring is 2. The Balaban J connectivity index is 0.000000162. The van der Waals surface area contributed by atoms with Crippen molar-refractivity contribution >= 4 is 67.1 Å². The number of hydrogen-bond donors (Lipinski definition) is 3. The minimum Gasteiger partial charge on any atom is -0.334 e. The number of piperidine rings is 2. The molecular formula is C40H47Cl2N11O4S2. The first-order valence-electron chi connectivity index (χ1n) is 18.9. The molecule has 6 N–H and O–H groups in total. The number of halogens is 2. The second-order valence-electron chi connectivity index (χ2n) is 14.6. The highest BCUT2D eigenvalue weighted by Crippen LogP contribution is 2.28. The summed E-state index contributed by atoms with van der Waals surface area (Å²) in [5, 5.41) is 2.97. The van der Waals surface area contributed by atoms with Gasteiger partial charge in [-0.15, -0.1) is 0 Å². The van der Waals surface area contributed by atoms with Gasteiger partial charge >= 0.3 is 0 Å². The van der Waals surface area contributed by atoms with E-state index in [1.807, 2.05) is 30.5 Å². The number of aromatic nitrogens is 6. The van der Waals surface area contributed by atoms with Gasteiger partial charge in [0.25, 0.3) is 11.1 Å². The molecular weight excluding hydrogens is 834 g/mol. The maximum absolute atomic E-state index is 12.8. The molecule has 4 aromatic heterocycles. The molecule has 0 atom stereocenters. The standard InChI is InChI=1S/C20H22ClN5O.C14H11ClN4OS.C6H14N2O2S/c1-25-8-6-13(7-9-25)10-18-23-12-14-11-16(15-4-2-3-5-17(15)21)20(27)26(22)19(14)24-18;1-21-14-17-7-8-6-10(9-4-2-3-5-11(9)15)13(20)19(16)12(8)18-14;1-11(9,10)8-4-2-6(7)3-5-8/h2-5,11-13H,6-10,22H2,1H3;2-7H,16H2,1H3;6H,2-5,7H2,1H3. The maximum Gasteiger partial charge on any atom is 0.278 e. The van der Waals surface area contributed by atoms with Crippen molar-refractivity contribution in [2.24, 2.45) is 11.7 Å². The Bertz CT molecular complexity index is 2680. The van der Waals surface area contributed by atoms with Crippen LogP contribution in [0.4, 0.5) is 0 Å². The van der Waals surface area contributed by atoms with Crippen molar-refractivity contribution in [2.75, 3.05) is 57.4 Å². The molecule has 0 spiro atoms. The van der Waals surface area contributed by atoms with Crippen molar-refractivity contribution in [1.82, 2.24) is 38.5 Å². The van der Waals surface area contributed by atoms with Gasteiger partial charge in [0.2, 0.25) is 10.0 Å². The molecule has 0 saturated carbocycles. The number of hydrogen-bond acceptors (Lipinski definition) is 13. The minimum atomic E-state index is -2.97. The lowest BCUT2D eigenvalue weighted by molar-refractivity contribution is 0.217. The Kier molecular flexibility index (Phi) is 14.3. The molecule has 19 heteroatoms. The molecule has 2 aromatic carbocycles. The number of thioether (sulfide) groups is 1. The van der Waals surface area contributed by atoms with E-state index in [0.717, 1.165) is 65.8 Å². The first kappa shape index (κ1) is 43.9. The van der Waals surface area contributed by atoms with E-state index < -0.39 is 10.0 Å². The average Bonchev–Trinajstić information content (AvgIpc) is 3.22. The quantitative estimate of drug-likeness (QED) is 0.118. The number of fused-ring (bicyclic) bond motifs is 2. The van der Waals surface area contributed by atoms with Crippen molar-refractivity contribution in [2.45, 2.75) is 43.3 Å². The molecule has 2 fully saturated rings. The molecule has 59 heavy (non-hydrogen) atoms. The molecule has 6 heterocycles. The van der Waals surface area contributed by atoms with Crippen LogP contribution in [-0.2, 0) is 16.4 Å². The number of pyridine rings is 2. The lowest BCUT2D eigenvalue weighted by Crippen LogP contribution is -2.42. The molecule has 2 aliphatic rings. The molecule has 0 aliphatic carbocycles.